The minimum absolute atomic E-state index is 0.246. The zero-order chi connectivity index (χ0) is 14.4. The van der Waals surface area contributed by atoms with E-state index in [1.807, 2.05) is 11.8 Å². The monoisotopic (exact) mass is 267 g/mol. The molecule has 0 aliphatic carbocycles. The summed E-state index contributed by atoms with van der Waals surface area (Å²) in [5.74, 6) is 1.34. The molecule has 0 unspecified atom stereocenters. The Hall–Kier alpha value is -0.830. The van der Waals surface area contributed by atoms with Crippen LogP contribution in [0.15, 0.2) is 12.2 Å². The maximum Gasteiger partial charge on any atom is 0.226 e. The van der Waals surface area contributed by atoms with Crippen LogP contribution in [0, 0.1) is 11.8 Å². The number of nitrogens with one attached hydrogen (secondary N) is 1. The number of likely N-dealkylation sites (tertiary alicyclic amines) is 1. The normalized spacial score (nSPS) is 23.4. The second-order valence-corrected chi connectivity index (χ2v) is 6.43. The minimum Gasteiger partial charge on any atom is -0.339 e. The van der Waals surface area contributed by atoms with Crippen molar-refractivity contribution < 1.29 is 9.69 Å². The average Bonchev–Trinajstić information content (AvgIpc) is 2.35. The molecule has 0 spiro atoms. The summed E-state index contributed by atoms with van der Waals surface area (Å²) in [5, 5.41) is 0. The lowest BCUT2D eigenvalue weighted by Crippen LogP contribution is -3.13. The van der Waals surface area contributed by atoms with E-state index in [1.165, 1.54) is 6.54 Å². The number of carbonyl (C=O) groups excluding carboxylic acids is 1. The van der Waals surface area contributed by atoms with Crippen LogP contribution in [0.25, 0.3) is 0 Å². The van der Waals surface area contributed by atoms with E-state index in [9.17, 15) is 4.79 Å². The summed E-state index contributed by atoms with van der Waals surface area (Å²) >= 11 is 0. The minimum atomic E-state index is 0.246. The van der Waals surface area contributed by atoms with Crippen molar-refractivity contribution in [3.05, 3.63) is 12.2 Å². The molecule has 0 aromatic heterocycles. The molecule has 1 aliphatic rings. The topological polar surface area (TPSA) is 24.8 Å². The van der Waals surface area contributed by atoms with Gasteiger partial charge in [-0.25, -0.2) is 0 Å². The number of quaternary nitrogens is 1. The molecule has 1 heterocycles. The lowest BCUT2D eigenvalue weighted by atomic mass is 9.94. The molecule has 1 saturated heterocycles. The number of hydrogen-bond donors (Lipinski definition) is 1. The van der Waals surface area contributed by atoms with Gasteiger partial charge in [0.25, 0.3) is 0 Å². The van der Waals surface area contributed by atoms with E-state index in [4.69, 9.17) is 0 Å². The maximum atomic E-state index is 12.5. The highest BCUT2D eigenvalue weighted by Crippen LogP contribution is 2.14. The molecule has 0 radical (unpaired) electrons. The molecule has 1 amide bonds. The summed E-state index contributed by atoms with van der Waals surface area (Å²) in [6.07, 6.45) is 2.10. The molecule has 1 fully saturated rings. The van der Waals surface area contributed by atoms with E-state index < -0.39 is 0 Å². The zero-order valence-electron chi connectivity index (χ0n) is 13.2. The van der Waals surface area contributed by atoms with Gasteiger partial charge in [0.05, 0.1) is 19.6 Å². The Labute approximate surface area is 118 Å². The van der Waals surface area contributed by atoms with Crippen LogP contribution < -0.4 is 4.90 Å². The van der Waals surface area contributed by atoms with Crippen molar-refractivity contribution in [3.8, 4) is 0 Å². The van der Waals surface area contributed by atoms with Crippen molar-refractivity contribution in [2.75, 3.05) is 32.7 Å². The summed E-state index contributed by atoms with van der Waals surface area (Å²) in [7, 11) is 0. The van der Waals surface area contributed by atoms with Gasteiger partial charge in [-0.05, 0) is 13.8 Å². The van der Waals surface area contributed by atoms with Gasteiger partial charge in [0.1, 0.15) is 0 Å². The molecule has 0 saturated carbocycles. The highest BCUT2D eigenvalue weighted by atomic mass is 16.2. The van der Waals surface area contributed by atoms with E-state index in [2.05, 4.69) is 27.4 Å². The Morgan fingerprint density at radius 1 is 1.37 bits per heavy atom. The third-order valence-corrected chi connectivity index (χ3v) is 3.89. The smallest absolute Gasteiger partial charge is 0.226 e. The van der Waals surface area contributed by atoms with Crippen LogP contribution in [0.1, 0.15) is 40.5 Å². The zero-order valence-corrected chi connectivity index (χ0v) is 13.2. The summed E-state index contributed by atoms with van der Waals surface area (Å²) in [6, 6.07) is 0. The Kier molecular flexibility index (Phi) is 6.56. The van der Waals surface area contributed by atoms with Crippen LogP contribution in [-0.2, 0) is 4.79 Å². The fourth-order valence-corrected chi connectivity index (χ4v) is 2.98. The first kappa shape index (κ1) is 16.2. The standard InChI is InChI=1S/C16H30N2O/c1-6-18(12-14(4)5)16(19)15-7-9-17(10-8-15)11-13(2)3/h13,15H,4,6-12H2,1-3,5H3/p+1. The molecule has 0 bridgehead atoms. The van der Waals surface area contributed by atoms with Crippen molar-refractivity contribution in [1.29, 1.82) is 0 Å². The van der Waals surface area contributed by atoms with Gasteiger partial charge in [0.15, 0.2) is 0 Å². The summed E-state index contributed by atoms with van der Waals surface area (Å²) in [4.78, 5) is 16.1. The van der Waals surface area contributed by atoms with Crippen molar-refractivity contribution in [1.82, 2.24) is 4.90 Å². The first-order valence-electron chi connectivity index (χ1n) is 7.70. The number of amides is 1. The average molecular weight is 267 g/mol. The fraction of sp³-hybridized carbons (Fsp3) is 0.812. The SMILES string of the molecule is C=C(C)CN(CC)C(=O)C1CC[NH+](CC(C)C)CC1. The van der Waals surface area contributed by atoms with Crippen LogP contribution in [-0.4, -0.2) is 43.5 Å². The fourth-order valence-electron chi connectivity index (χ4n) is 2.98. The second kappa shape index (κ2) is 7.68. The molecule has 0 aromatic carbocycles. The van der Waals surface area contributed by atoms with Gasteiger partial charge in [-0.15, -0.1) is 0 Å². The van der Waals surface area contributed by atoms with Gasteiger partial charge < -0.3 is 9.80 Å². The second-order valence-electron chi connectivity index (χ2n) is 6.43. The molecule has 3 nitrogen and oxygen atoms in total. The van der Waals surface area contributed by atoms with Gasteiger partial charge in [-0.2, -0.15) is 0 Å². The van der Waals surface area contributed by atoms with Gasteiger partial charge >= 0.3 is 0 Å². The number of rotatable bonds is 6. The molecular formula is C16H31N2O+. The summed E-state index contributed by atoms with van der Waals surface area (Å²) in [5.41, 5.74) is 1.07. The first-order valence-corrected chi connectivity index (χ1v) is 7.70. The Morgan fingerprint density at radius 3 is 2.37 bits per heavy atom. The molecule has 1 aliphatic heterocycles. The third kappa shape index (κ3) is 5.35. The highest BCUT2D eigenvalue weighted by molar-refractivity contribution is 5.79. The first-order chi connectivity index (χ1) is 8.93. The quantitative estimate of drug-likeness (QED) is 0.722. The Morgan fingerprint density at radius 2 is 1.95 bits per heavy atom. The van der Waals surface area contributed by atoms with Gasteiger partial charge in [-0.1, -0.05) is 26.0 Å². The largest absolute Gasteiger partial charge is 0.339 e. The number of piperidine rings is 1. The molecule has 19 heavy (non-hydrogen) atoms. The van der Waals surface area contributed by atoms with Crippen LogP contribution in [0.3, 0.4) is 0 Å². The molecule has 1 N–H and O–H groups in total. The molecule has 0 aromatic rings. The van der Waals surface area contributed by atoms with E-state index in [0.717, 1.165) is 44.0 Å². The Bertz CT molecular complexity index is 304. The lowest BCUT2D eigenvalue weighted by Gasteiger charge is -2.32. The van der Waals surface area contributed by atoms with Crippen LogP contribution in [0.2, 0.25) is 0 Å². The predicted molar refractivity (Wildman–Crippen MR) is 80.2 cm³/mol. The van der Waals surface area contributed by atoms with Crippen molar-refractivity contribution >= 4 is 5.91 Å². The highest BCUT2D eigenvalue weighted by Gasteiger charge is 2.30. The molecule has 110 valence electrons. The maximum absolute atomic E-state index is 12.5. The molecule has 3 heteroatoms. The van der Waals surface area contributed by atoms with Crippen LogP contribution in [0.4, 0.5) is 0 Å². The Balaban J connectivity index is 2.45. The summed E-state index contributed by atoms with van der Waals surface area (Å²) in [6.45, 7) is 17.6. The number of likely N-dealkylation sites (N-methyl/N-ethyl adjacent to an activating group) is 1. The van der Waals surface area contributed by atoms with E-state index >= 15 is 0 Å². The number of nitrogens with zero attached hydrogens (tertiary/aromatic N) is 1. The predicted octanol–water partition coefficient (Wildman–Crippen LogP) is 1.36. The third-order valence-electron chi connectivity index (χ3n) is 3.89. The van der Waals surface area contributed by atoms with Crippen molar-refractivity contribution in [3.63, 3.8) is 0 Å². The van der Waals surface area contributed by atoms with Crippen LogP contribution >= 0.6 is 0 Å². The van der Waals surface area contributed by atoms with E-state index in [0.29, 0.717) is 12.5 Å². The van der Waals surface area contributed by atoms with E-state index in [1.54, 1.807) is 4.90 Å². The van der Waals surface area contributed by atoms with Gasteiger partial charge in [0, 0.05) is 37.8 Å². The molecule has 1 rings (SSSR count). The molecular weight excluding hydrogens is 236 g/mol. The summed E-state index contributed by atoms with van der Waals surface area (Å²) < 4.78 is 0. The van der Waals surface area contributed by atoms with Crippen LogP contribution in [0.5, 0.6) is 0 Å². The number of carbonyl (C=O) groups is 1. The number of hydrogen-bond acceptors (Lipinski definition) is 1. The van der Waals surface area contributed by atoms with Crippen molar-refractivity contribution in [2.24, 2.45) is 11.8 Å². The van der Waals surface area contributed by atoms with Crippen molar-refractivity contribution in [2.45, 2.75) is 40.5 Å². The lowest BCUT2D eigenvalue weighted by molar-refractivity contribution is -0.908. The van der Waals surface area contributed by atoms with Gasteiger partial charge in [0.2, 0.25) is 5.91 Å². The molecule has 0 atom stereocenters. The van der Waals surface area contributed by atoms with E-state index in [-0.39, 0.29) is 5.92 Å². The van der Waals surface area contributed by atoms with Gasteiger partial charge in [-0.3, -0.25) is 4.79 Å².